The Morgan fingerprint density at radius 2 is 1.95 bits per heavy atom. The van der Waals surface area contributed by atoms with Gasteiger partial charge in [-0.3, -0.25) is 9.69 Å². The summed E-state index contributed by atoms with van der Waals surface area (Å²) in [4.78, 5) is 19.3. The maximum absolute atomic E-state index is 12.4. The zero-order valence-corrected chi connectivity index (χ0v) is 13.6. The van der Waals surface area contributed by atoms with Gasteiger partial charge in [0.05, 0.1) is 0 Å². The molecule has 4 nitrogen and oxygen atoms in total. The second kappa shape index (κ2) is 7.76. The Morgan fingerprint density at radius 1 is 1.24 bits per heavy atom. The molecule has 118 valence electrons. The second-order valence-electron chi connectivity index (χ2n) is 6.25. The fourth-order valence-electron chi connectivity index (χ4n) is 3.08. The summed E-state index contributed by atoms with van der Waals surface area (Å²) in [5, 5.41) is 0. The van der Waals surface area contributed by atoms with Gasteiger partial charge in [0, 0.05) is 50.9 Å². The van der Waals surface area contributed by atoms with Crippen molar-refractivity contribution in [3.8, 4) is 0 Å². The van der Waals surface area contributed by atoms with E-state index in [1.165, 1.54) is 0 Å². The molecular formula is C17H29N3O. The number of amides is 1. The molecule has 21 heavy (non-hydrogen) atoms. The van der Waals surface area contributed by atoms with Crippen LogP contribution in [0.25, 0.3) is 0 Å². The number of hydrogen-bond acceptors (Lipinski definition) is 3. The van der Waals surface area contributed by atoms with Gasteiger partial charge in [0.2, 0.25) is 0 Å². The Morgan fingerprint density at radius 3 is 2.62 bits per heavy atom. The van der Waals surface area contributed by atoms with E-state index in [1.54, 1.807) is 0 Å². The number of carbonyl (C=O) groups excluding carboxylic acids is 1. The number of piperazine rings is 1. The molecule has 1 unspecified atom stereocenters. The molecule has 0 saturated carbocycles. The lowest BCUT2D eigenvalue weighted by atomic mass is 10.2. The highest BCUT2D eigenvalue weighted by molar-refractivity contribution is 5.95. The van der Waals surface area contributed by atoms with Gasteiger partial charge in [-0.25, -0.2) is 0 Å². The SMILES string of the molecule is C=C(C=CCCC)C(=O)N1CCC(N2CCN(C)CC2)C1. The number of hydrogen-bond donors (Lipinski definition) is 0. The highest BCUT2D eigenvalue weighted by Crippen LogP contribution is 2.19. The van der Waals surface area contributed by atoms with E-state index < -0.39 is 0 Å². The van der Waals surface area contributed by atoms with E-state index in [4.69, 9.17) is 0 Å². The van der Waals surface area contributed by atoms with Gasteiger partial charge < -0.3 is 9.80 Å². The van der Waals surface area contributed by atoms with Crippen molar-refractivity contribution in [3.63, 3.8) is 0 Å². The maximum Gasteiger partial charge on any atom is 0.253 e. The first-order valence-electron chi connectivity index (χ1n) is 8.19. The molecule has 2 aliphatic heterocycles. The number of rotatable bonds is 5. The van der Waals surface area contributed by atoms with Crippen LogP contribution >= 0.6 is 0 Å². The fourth-order valence-corrected chi connectivity index (χ4v) is 3.08. The van der Waals surface area contributed by atoms with Crippen molar-refractivity contribution in [1.82, 2.24) is 14.7 Å². The van der Waals surface area contributed by atoms with Gasteiger partial charge in [-0.2, -0.15) is 0 Å². The van der Waals surface area contributed by atoms with Crippen molar-refractivity contribution in [3.05, 3.63) is 24.3 Å². The molecule has 0 aromatic rings. The molecule has 0 aliphatic carbocycles. The van der Waals surface area contributed by atoms with Crippen molar-refractivity contribution in [2.24, 2.45) is 0 Å². The van der Waals surface area contributed by atoms with E-state index in [0.717, 1.165) is 58.5 Å². The zero-order chi connectivity index (χ0) is 15.2. The minimum atomic E-state index is 0.110. The number of likely N-dealkylation sites (tertiary alicyclic amines) is 1. The van der Waals surface area contributed by atoms with Crippen LogP contribution in [0.3, 0.4) is 0 Å². The average Bonchev–Trinajstić information content (AvgIpc) is 2.97. The molecule has 0 aromatic carbocycles. The van der Waals surface area contributed by atoms with Crippen molar-refractivity contribution in [2.75, 3.05) is 46.3 Å². The number of carbonyl (C=O) groups is 1. The summed E-state index contributed by atoms with van der Waals surface area (Å²) in [5.41, 5.74) is 0.627. The van der Waals surface area contributed by atoms with Crippen LogP contribution in [0, 0.1) is 0 Å². The topological polar surface area (TPSA) is 26.8 Å². The van der Waals surface area contributed by atoms with Gasteiger partial charge in [0.15, 0.2) is 0 Å². The number of nitrogens with zero attached hydrogens (tertiary/aromatic N) is 3. The Bertz CT molecular complexity index is 397. The molecule has 2 heterocycles. The molecule has 1 atom stereocenters. The highest BCUT2D eigenvalue weighted by atomic mass is 16.2. The summed E-state index contributed by atoms with van der Waals surface area (Å²) < 4.78 is 0. The van der Waals surface area contributed by atoms with Crippen molar-refractivity contribution in [1.29, 1.82) is 0 Å². The third-order valence-corrected chi connectivity index (χ3v) is 4.55. The van der Waals surface area contributed by atoms with Crippen LogP contribution in [-0.2, 0) is 4.79 Å². The van der Waals surface area contributed by atoms with Crippen LogP contribution in [0.15, 0.2) is 24.3 Å². The van der Waals surface area contributed by atoms with Gasteiger partial charge in [-0.15, -0.1) is 0 Å². The van der Waals surface area contributed by atoms with Crippen molar-refractivity contribution >= 4 is 5.91 Å². The van der Waals surface area contributed by atoms with Crippen LogP contribution in [0.1, 0.15) is 26.2 Å². The largest absolute Gasteiger partial charge is 0.337 e. The third-order valence-electron chi connectivity index (χ3n) is 4.55. The summed E-state index contributed by atoms with van der Waals surface area (Å²) >= 11 is 0. The molecule has 0 bridgehead atoms. The van der Waals surface area contributed by atoms with E-state index in [1.807, 2.05) is 17.1 Å². The first kappa shape index (κ1) is 16.2. The lowest BCUT2D eigenvalue weighted by Crippen LogP contribution is -2.50. The van der Waals surface area contributed by atoms with Crippen molar-refractivity contribution in [2.45, 2.75) is 32.2 Å². The van der Waals surface area contributed by atoms with Gasteiger partial charge in [0.25, 0.3) is 5.91 Å². The van der Waals surface area contributed by atoms with Gasteiger partial charge >= 0.3 is 0 Å². The minimum Gasteiger partial charge on any atom is -0.337 e. The summed E-state index contributed by atoms with van der Waals surface area (Å²) in [5.74, 6) is 0.110. The molecule has 2 rings (SSSR count). The summed E-state index contributed by atoms with van der Waals surface area (Å²) in [6.45, 7) is 12.3. The third kappa shape index (κ3) is 4.42. The van der Waals surface area contributed by atoms with E-state index >= 15 is 0 Å². The molecule has 4 heteroatoms. The fraction of sp³-hybridized carbons (Fsp3) is 0.706. The predicted octanol–water partition coefficient (Wildman–Crippen LogP) is 1.75. The van der Waals surface area contributed by atoms with Gasteiger partial charge in [-0.05, 0) is 19.9 Å². The number of allylic oxidation sites excluding steroid dienone is 1. The summed E-state index contributed by atoms with van der Waals surface area (Å²) in [6, 6.07) is 0.537. The van der Waals surface area contributed by atoms with Gasteiger partial charge in [0.1, 0.15) is 0 Å². The Kier molecular flexibility index (Phi) is 6.00. The summed E-state index contributed by atoms with van der Waals surface area (Å²) in [6.07, 6.45) is 7.15. The molecule has 0 aromatic heterocycles. The van der Waals surface area contributed by atoms with Gasteiger partial charge in [-0.1, -0.05) is 32.1 Å². The van der Waals surface area contributed by atoms with Crippen LogP contribution < -0.4 is 0 Å². The van der Waals surface area contributed by atoms with Crippen LogP contribution in [0.4, 0.5) is 0 Å². The lowest BCUT2D eigenvalue weighted by Gasteiger charge is -2.36. The first-order chi connectivity index (χ1) is 10.1. The molecule has 2 saturated heterocycles. The second-order valence-corrected chi connectivity index (χ2v) is 6.25. The van der Waals surface area contributed by atoms with E-state index in [9.17, 15) is 4.79 Å². The normalized spacial score (nSPS) is 24.9. The van der Waals surface area contributed by atoms with E-state index in [-0.39, 0.29) is 5.91 Å². The van der Waals surface area contributed by atoms with Crippen molar-refractivity contribution < 1.29 is 4.79 Å². The molecule has 2 fully saturated rings. The average molecular weight is 291 g/mol. The Labute approximate surface area is 129 Å². The van der Waals surface area contributed by atoms with Crippen LogP contribution in [0.2, 0.25) is 0 Å². The predicted molar refractivity (Wildman–Crippen MR) is 87.2 cm³/mol. The smallest absolute Gasteiger partial charge is 0.253 e. The maximum atomic E-state index is 12.4. The number of likely N-dealkylation sites (N-methyl/N-ethyl adjacent to an activating group) is 1. The zero-order valence-electron chi connectivity index (χ0n) is 13.6. The highest BCUT2D eigenvalue weighted by Gasteiger charge is 2.31. The standard InChI is InChI=1S/C17H29N3O/c1-4-5-6-7-15(2)17(21)20-9-8-16(14-20)19-12-10-18(3)11-13-19/h6-7,16H,2,4-5,8-14H2,1,3H3. The molecule has 0 N–H and O–H groups in total. The Hall–Kier alpha value is -1.13. The number of unbranched alkanes of at least 4 members (excludes halogenated alkanes) is 1. The molecule has 1 amide bonds. The first-order valence-corrected chi connectivity index (χ1v) is 8.19. The molecule has 0 radical (unpaired) electrons. The van der Waals surface area contributed by atoms with Crippen LogP contribution in [-0.4, -0.2) is 73.0 Å². The Balaban J connectivity index is 1.81. The molecule has 0 spiro atoms. The van der Waals surface area contributed by atoms with E-state index in [0.29, 0.717) is 11.6 Å². The quantitative estimate of drug-likeness (QED) is 0.570. The monoisotopic (exact) mass is 291 g/mol. The lowest BCUT2D eigenvalue weighted by molar-refractivity contribution is -0.126. The summed E-state index contributed by atoms with van der Waals surface area (Å²) in [7, 11) is 2.18. The molecular weight excluding hydrogens is 262 g/mol. The molecule has 2 aliphatic rings. The van der Waals surface area contributed by atoms with Crippen LogP contribution in [0.5, 0.6) is 0 Å². The van der Waals surface area contributed by atoms with E-state index in [2.05, 4.69) is 30.4 Å². The minimum absolute atomic E-state index is 0.110.